The third-order valence-corrected chi connectivity index (χ3v) is 6.10. The van der Waals surface area contributed by atoms with Gasteiger partial charge in [0.15, 0.2) is 0 Å². The van der Waals surface area contributed by atoms with E-state index in [2.05, 4.69) is 57.4 Å². The Morgan fingerprint density at radius 3 is 2.48 bits per heavy atom. The van der Waals surface area contributed by atoms with Crippen molar-refractivity contribution in [1.82, 2.24) is 20.2 Å². The fourth-order valence-electron chi connectivity index (χ4n) is 4.51. The molecule has 1 aromatic carbocycles. The summed E-state index contributed by atoms with van der Waals surface area (Å²) in [5, 5.41) is 3.23. The number of rotatable bonds is 7. The van der Waals surface area contributed by atoms with E-state index in [4.69, 9.17) is 0 Å². The van der Waals surface area contributed by atoms with Gasteiger partial charge in [0.25, 0.3) is 5.91 Å². The minimum Gasteiger partial charge on any atom is -0.342 e. The van der Waals surface area contributed by atoms with Crippen LogP contribution in [0, 0.1) is 5.92 Å². The number of pyridine rings is 2. The average molecular weight is 415 g/mol. The van der Waals surface area contributed by atoms with Crippen molar-refractivity contribution in [3.63, 3.8) is 0 Å². The van der Waals surface area contributed by atoms with E-state index < -0.39 is 0 Å². The number of nitrogens with zero attached hydrogens (tertiary/aromatic N) is 3. The Morgan fingerprint density at radius 1 is 1.03 bits per heavy atom. The molecule has 3 heterocycles. The van der Waals surface area contributed by atoms with Gasteiger partial charge in [0, 0.05) is 25.5 Å². The van der Waals surface area contributed by atoms with Gasteiger partial charge >= 0.3 is 0 Å². The van der Waals surface area contributed by atoms with Gasteiger partial charge in [-0.1, -0.05) is 49.4 Å². The summed E-state index contributed by atoms with van der Waals surface area (Å²) in [5.41, 5.74) is 2.72. The molecule has 1 aliphatic rings. The van der Waals surface area contributed by atoms with Crippen molar-refractivity contribution < 1.29 is 4.79 Å². The van der Waals surface area contributed by atoms with Crippen molar-refractivity contribution in [3.8, 4) is 0 Å². The second-order valence-corrected chi connectivity index (χ2v) is 8.39. The molecular formula is C26H30N4O. The molecule has 5 heteroatoms. The maximum atomic E-state index is 12.9. The number of hydrogen-bond acceptors (Lipinski definition) is 4. The predicted molar refractivity (Wildman–Crippen MR) is 123 cm³/mol. The first-order valence-electron chi connectivity index (χ1n) is 11.1. The normalized spacial score (nSPS) is 18.8. The molecule has 1 saturated heterocycles. The van der Waals surface area contributed by atoms with Gasteiger partial charge in [0.2, 0.25) is 0 Å². The largest absolute Gasteiger partial charge is 0.342 e. The Bertz CT molecular complexity index is 949. The maximum absolute atomic E-state index is 12.9. The van der Waals surface area contributed by atoms with Crippen LogP contribution in [0.2, 0.25) is 0 Å². The summed E-state index contributed by atoms with van der Waals surface area (Å²) >= 11 is 0. The fourth-order valence-corrected chi connectivity index (χ4v) is 4.51. The monoisotopic (exact) mass is 414 g/mol. The molecule has 0 bridgehead atoms. The molecule has 5 nitrogen and oxygen atoms in total. The van der Waals surface area contributed by atoms with E-state index >= 15 is 0 Å². The first-order valence-corrected chi connectivity index (χ1v) is 11.1. The summed E-state index contributed by atoms with van der Waals surface area (Å²) in [4.78, 5) is 24.2. The van der Waals surface area contributed by atoms with Gasteiger partial charge in [-0.3, -0.25) is 14.8 Å². The molecule has 3 atom stereocenters. The fraction of sp³-hybridized carbons (Fsp3) is 0.346. The zero-order valence-electron chi connectivity index (χ0n) is 18.0. The average Bonchev–Trinajstić information content (AvgIpc) is 2.84. The van der Waals surface area contributed by atoms with Crippen molar-refractivity contribution in [3.05, 3.63) is 96.1 Å². The molecule has 4 rings (SSSR count). The van der Waals surface area contributed by atoms with E-state index in [-0.39, 0.29) is 11.9 Å². The Labute approximate surface area is 184 Å². The molecule has 2 aromatic heterocycles. The number of carbonyl (C=O) groups excluding carboxylic acids is 1. The van der Waals surface area contributed by atoms with Crippen LogP contribution in [-0.2, 0) is 0 Å². The van der Waals surface area contributed by atoms with E-state index in [9.17, 15) is 4.79 Å². The lowest BCUT2D eigenvalue weighted by atomic mass is 9.87. The quantitative estimate of drug-likeness (QED) is 0.620. The van der Waals surface area contributed by atoms with Crippen LogP contribution >= 0.6 is 0 Å². The third-order valence-electron chi connectivity index (χ3n) is 6.10. The van der Waals surface area contributed by atoms with E-state index in [1.165, 1.54) is 5.56 Å². The zero-order valence-corrected chi connectivity index (χ0v) is 18.0. The Hall–Kier alpha value is -3.05. The maximum Gasteiger partial charge on any atom is 0.270 e. The lowest BCUT2D eigenvalue weighted by Crippen LogP contribution is -2.44. The number of nitrogens with one attached hydrogen (secondary N) is 1. The molecule has 1 N–H and O–H groups in total. The SMILES string of the molecule is C[C@H](CN1CCC[C@@H]([C@H](NC(=O)c2ccccn2)c2ccccn2)C1)c1ccccc1. The van der Waals surface area contributed by atoms with Crippen LogP contribution in [-0.4, -0.2) is 40.4 Å². The van der Waals surface area contributed by atoms with Crippen LogP contribution in [0.5, 0.6) is 0 Å². The summed E-state index contributed by atoms with van der Waals surface area (Å²) in [7, 11) is 0. The Kier molecular flexibility index (Phi) is 7.05. The van der Waals surface area contributed by atoms with Gasteiger partial charge in [-0.15, -0.1) is 0 Å². The molecule has 0 radical (unpaired) electrons. The smallest absolute Gasteiger partial charge is 0.270 e. The highest BCUT2D eigenvalue weighted by molar-refractivity contribution is 5.92. The van der Waals surface area contributed by atoms with Gasteiger partial charge in [0.05, 0.1) is 11.7 Å². The molecule has 0 aliphatic carbocycles. The summed E-state index contributed by atoms with van der Waals surface area (Å²) < 4.78 is 0. The summed E-state index contributed by atoms with van der Waals surface area (Å²) in [5.74, 6) is 0.627. The van der Waals surface area contributed by atoms with Crippen molar-refractivity contribution in [2.45, 2.75) is 31.7 Å². The first kappa shape index (κ1) is 21.2. The van der Waals surface area contributed by atoms with Gasteiger partial charge in [-0.2, -0.15) is 0 Å². The topological polar surface area (TPSA) is 58.1 Å². The second kappa shape index (κ2) is 10.3. The minimum atomic E-state index is -0.147. The molecular weight excluding hydrogens is 384 g/mol. The van der Waals surface area contributed by atoms with Crippen molar-refractivity contribution >= 4 is 5.91 Å². The first-order chi connectivity index (χ1) is 15.2. The molecule has 3 aromatic rings. The van der Waals surface area contributed by atoms with Crippen molar-refractivity contribution in [2.24, 2.45) is 5.92 Å². The lowest BCUT2D eigenvalue weighted by Gasteiger charge is -2.38. The lowest BCUT2D eigenvalue weighted by molar-refractivity contribution is 0.0872. The van der Waals surface area contributed by atoms with E-state index in [1.807, 2.05) is 30.3 Å². The van der Waals surface area contributed by atoms with Crippen LogP contribution < -0.4 is 5.32 Å². The molecule has 0 spiro atoms. The van der Waals surface area contributed by atoms with Gasteiger partial charge in [0.1, 0.15) is 5.69 Å². The summed E-state index contributed by atoms with van der Waals surface area (Å²) in [6, 6.07) is 21.9. The standard InChI is InChI=1S/C26H30N4O/c1-20(21-10-3-2-4-11-21)18-30-17-9-12-22(19-30)25(23-13-5-7-15-27-23)29-26(31)24-14-6-8-16-28-24/h2-8,10-11,13-16,20,22,25H,9,12,17-19H2,1H3,(H,29,31)/t20-,22-,25+/m1/s1. The van der Waals surface area contributed by atoms with Crippen molar-refractivity contribution in [1.29, 1.82) is 0 Å². The molecule has 1 amide bonds. The molecule has 160 valence electrons. The van der Waals surface area contributed by atoms with Crippen LogP contribution in [0.3, 0.4) is 0 Å². The highest BCUT2D eigenvalue weighted by Crippen LogP contribution is 2.30. The van der Waals surface area contributed by atoms with Gasteiger partial charge in [-0.05, 0) is 61.1 Å². The zero-order chi connectivity index (χ0) is 21.5. The van der Waals surface area contributed by atoms with Gasteiger partial charge in [-0.25, -0.2) is 0 Å². The molecule has 0 saturated carbocycles. The summed E-state index contributed by atoms with van der Waals surface area (Å²) in [6.45, 7) is 5.35. The Morgan fingerprint density at radius 2 is 1.77 bits per heavy atom. The second-order valence-electron chi connectivity index (χ2n) is 8.39. The summed E-state index contributed by atoms with van der Waals surface area (Å²) in [6.07, 6.45) is 5.64. The predicted octanol–water partition coefficient (Wildman–Crippen LogP) is 4.46. The highest BCUT2D eigenvalue weighted by Gasteiger charge is 2.31. The van der Waals surface area contributed by atoms with Crippen molar-refractivity contribution in [2.75, 3.05) is 19.6 Å². The molecule has 31 heavy (non-hydrogen) atoms. The minimum absolute atomic E-state index is 0.134. The van der Waals surface area contributed by atoms with E-state index in [0.717, 1.165) is 38.2 Å². The number of benzene rings is 1. The number of likely N-dealkylation sites (tertiary alicyclic amines) is 1. The highest BCUT2D eigenvalue weighted by atomic mass is 16.1. The number of piperidine rings is 1. The third kappa shape index (κ3) is 5.56. The molecule has 1 aliphatic heterocycles. The van der Waals surface area contributed by atoms with Crippen LogP contribution in [0.25, 0.3) is 0 Å². The van der Waals surface area contributed by atoms with E-state index in [0.29, 0.717) is 17.5 Å². The Balaban J connectivity index is 1.49. The van der Waals surface area contributed by atoms with Crippen LogP contribution in [0.4, 0.5) is 0 Å². The number of aromatic nitrogens is 2. The number of amides is 1. The number of carbonyl (C=O) groups is 1. The molecule has 1 fully saturated rings. The van der Waals surface area contributed by atoms with E-state index in [1.54, 1.807) is 18.5 Å². The molecule has 0 unspecified atom stereocenters. The van der Waals surface area contributed by atoms with Crippen LogP contribution in [0.1, 0.15) is 53.5 Å². The van der Waals surface area contributed by atoms with Crippen LogP contribution in [0.15, 0.2) is 79.1 Å². The number of hydrogen-bond donors (Lipinski definition) is 1. The van der Waals surface area contributed by atoms with Gasteiger partial charge < -0.3 is 10.2 Å².